The van der Waals surface area contributed by atoms with Crippen LogP contribution in [0.3, 0.4) is 0 Å². The minimum atomic E-state index is 0.525. The van der Waals surface area contributed by atoms with Crippen molar-refractivity contribution in [2.45, 2.75) is 38.4 Å². The molecule has 0 amide bonds. The molecular weight excluding hydrogens is 266 g/mol. The Morgan fingerprint density at radius 2 is 2.14 bits per heavy atom. The molecule has 1 aliphatic heterocycles. The van der Waals surface area contributed by atoms with Crippen LogP contribution < -0.4 is 14.8 Å². The van der Waals surface area contributed by atoms with Crippen molar-refractivity contribution in [2.75, 3.05) is 27.3 Å². The van der Waals surface area contributed by atoms with Crippen molar-refractivity contribution >= 4 is 0 Å². The molecule has 0 aromatic carbocycles. The third-order valence-electron chi connectivity index (χ3n) is 4.54. The second kappa shape index (κ2) is 6.20. The van der Waals surface area contributed by atoms with E-state index >= 15 is 0 Å². The van der Waals surface area contributed by atoms with Crippen LogP contribution in [0.1, 0.15) is 25.5 Å². The predicted molar refractivity (Wildman–Crippen MR) is 81.7 cm³/mol. The SMILES string of the molecule is COc1ccnc(CN2CC(C)NCC2C2CC2)c1OC. The third kappa shape index (κ3) is 3.14. The average Bonchev–Trinajstić information content (AvgIpc) is 3.31. The van der Waals surface area contributed by atoms with E-state index in [0.717, 1.165) is 42.7 Å². The number of nitrogens with one attached hydrogen (secondary N) is 1. The molecule has 1 N–H and O–H groups in total. The van der Waals surface area contributed by atoms with Gasteiger partial charge in [-0.1, -0.05) is 0 Å². The van der Waals surface area contributed by atoms with E-state index in [-0.39, 0.29) is 0 Å². The molecule has 21 heavy (non-hydrogen) atoms. The molecule has 1 saturated heterocycles. The smallest absolute Gasteiger partial charge is 0.183 e. The highest BCUT2D eigenvalue weighted by atomic mass is 16.5. The van der Waals surface area contributed by atoms with Gasteiger partial charge in [0.25, 0.3) is 0 Å². The lowest BCUT2D eigenvalue weighted by atomic mass is 10.0. The first kappa shape index (κ1) is 14.6. The molecule has 2 heterocycles. The van der Waals surface area contributed by atoms with E-state index in [9.17, 15) is 0 Å². The maximum absolute atomic E-state index is 5.52. The lowest BCUT2D eigenvalue weighted by Crippen LogP contribution is -2.55. The minimum Gasteiger partial charge on any atom is -0.493 e. The molecule has 2 unspecified atom stereocenters. The first-order valence-electron chi connectivity index (χ1n) is 7.76. The maximum Gasteiger partial charge on any atom is 0.183 e. The molecule has 3 rings (SSSR count). The highest BCUT2D eigenvalue weighted by molar-refractivity contribution is 5.42. The number of hydrogen-bond acceptors (Lipinski definition) is 5. The highest BCUT2D eigenvalue weighted by Crippen LogP contribution is 2.38. The Labute approximate surface area is 126 Å². The van der Waals surface area contributed by atoms with Crippen molar-refractivity contribution in [1.29, 1.82) is 0 Å². The van der Waals surface area contributed by atoms with Gasteiger partial charge in [0.05, 0.1) is 14.2 Å². The first-order valence-corrected chi connectivity index (χ1v) is 7.76. The molecule has 0 radical (unpaired) electrons. The van der Waals surface area contributed by atoms with Crippen LogP contribution in [0.2, 0.25) is 0 Å². The standard InChI is InChI=1S/C16H25N3O2/c1-11-9-19(14(8-18-11)12-4-5-12)10-13-16(21-3)15(20-2)6-7-17-13/h6-7,11-12,14,18H,4-5,8-10H2,1-3H3. The van der Waals surface area contributed by atoms with Gasteiger partial charge in [-0.15, -0.1) is 0 Å². The first-order chi connectivity index (χ1) is 10.2. The van der Waals surface area contributed by atoms with E-state index < -0.39 is 0 Å². The van der Waals surface area contributed by atoms with Gasteiger partial charge in [0.2, 0.25) is 0 Å². The average molecular weight is 291 g/mol. The second-order valence-corrected chi connectivity index (χ2v) is 6.14. The van der Waals surface area contributed by atoms with E-state index in [0.29, 0.717) is 12.1 Å². The van der Waals surface area contributed by atoms with Gasteiger partial charge in [-0.05, 0) is 25.7 Å². The van der Waals surface area contributed by atoms with E-state index in [1.165, 1.54) is 12.8 Å². The molecule has 1 aromatic rings. The van der Waals surface area contributed by atoms with Crippen LogP contribution in [-0.2, 0) is 6.54 Å². The summed E-state index contributed by atoms with van der Waals surface area (Å²) in [5, 5.41) is 3.60. The molecule has 0 spiro atoms. The van der Waals surface area contributed by atoms with Crippen molar-refractivity contribution in [1.82, 2.24) is 15.2 Å². The number of nitrogens with zero attached hydrogens (tertiary/aromatic N) is 2. The molecule has 2 aliphatic rings. The lowest BCUT2D eigenvalue weighted by molar-refractivity contribution is 0.109. The van der Waals surface area contributed by atoms with E-state index in [1.807, 2.05) is 6.07 Å². The van der Waals surface area contributed by atoms with Crippen LogP contribution in [0.25, 0.3) is 0 Å². The molecule has 5 nitrogen and oxygen atoms in total. The summed E-state index contributed by atoms with van der Waals surface area (Å²) in [6, 6.07) is 3.00. The van der Waals surface area contributed by atoms with Crippen LogP contribution in [0, 0.1) is 5.92 Å². The molecule has 2 atom stereocenters. The van der Waals surface area contributed by atoms with Crippen LogP contribution in [-0.4, -0.2) is 49.3 Å². The lowest BCUT2D eigenvalue weighted by Gasteiger charge is -2.39. The fourth-order valence-corrected chi connectivity index (χ4v) is 3.29. The molecule has 2 fully saturated rings. The number of piperazine rings is 1. The zero-order chi connectivity index (χ0) is 14.8. The van der Waals surface area contributed by atoms with Crippen molar-refractivity contribution in [3.63, 3.8) is 0 Å². The van der Waals surface area contributed by atoms with Gasteiger partial charge in [0, 0.05) is 44.0 Å². The Morgan fingerprint density at radius 3 is 2.81 bits per heavy atom. The van der Waals surface area contributed by atoms with Crippen LogP contribution >= 0.6 is 0 Å². The number of methoxy groups -OCH3 is 2. The fourth-order valence-electron chi connectivity index (χ4n) is 3.29. The van der Waals surface area contributed by atoms with Gasteiger partial charge in [-0.25, -0.2) is 0 Å². The Kier molecular flexibility index (Phi) is 4.31. The zero-order valence-corrected chi connectivity index (χ0v) is 13.1. The van der Waals surface area contributed by atoms with Gasteiger partial charge in [-0.3, -0.25) is 9.88 Å². The van der Waals surface area contributed by atoms with E-state index in [2.05, 4.69) is 22.1 Å². The number of pyridine rings is 1. The van der Waals surface area contributed by atoms with Crippen LogP contribution in [0.15, 0.2) is 12.3 Å². The monoisotopic (exact) mass is 291 g/mol. The number of aromatic nitrogens is 1. The quantitative estimate of drug-likeness (QED) is 0.894. The molecule has 1 aliphatic carbocycles. The molecular formula is C16H25N3O2. The number of rotatable bonds is 5. The summed E-state index contributed by atoms with van der Waals surface area (Å²) in [5.41, 5.74) is 0.969. The zero-order valence-electron chi connectivity index (χ0n) is 13.1. The number of ether oxygens (including phenoxy) is 2. The summed E-state index contributed by atoms with van der Waals surface area (Å²) in [6.07, 6.45) is 4.52. The second-order valence-electron chi connectivity index (χ2n) is 6.14. The molecule has 1 aromatic heterocycles. The van der Waals surface area contributed by atoms with Crippen LogP contribution in [0.5, 0.6) is 11.5 Å². The van der Waals surface area contributed by atoms with E-state index in [4.69, 9.17) is 9.47 Å². The third-order valence-corrected chi connectivity index (χ3v) is 4.54. The normalized spacial score (nSPS) is 26.6. The highest BCUT2D eigenvalue weighted by Gasteiger charge is 2.38. The van der Waals surface area contributed by atoms with Gasteiger partial charge < -0.3 is 14.8 Å². The summed E-state index contributed by atoms with van der Waals surface area (Å²) in [4.78, 5) is 7.08. The fraction of sp³-hybridized carbons (Fsp3) is 0.688. The van der Waals surface area contributed by atoms with Crippen molar-refractivity contribution < 1.29 is 9.47 Å². The summed E-state index contributed by atoms with van der Waals surface area (Å²) in [7, 11) is 3.35. The van der Waals surface area contributed by atoms with Crippen molar-refractivity contribution in [3.8, 4) is 11.5 Å². The predicted octanol–water partition coefficient (Wildman–Crippen LogP) is 1.67. The molecule has 5 heteroatoms. The van der Waals surface area contributed by atoms with Gasteiger partial charge in [-0.2, -0.15) is 0 Å². The van der Waals surface area contributed by atoms with Crippen molar-refractivity contribution in [3.05, 3.63) is 18.0 Å². The number of hydrogen-bond donors (Lipinski definition) is 1. The summed E-state index contributed by atoms with van der Waals surface area (Å²) in [5.74, 6) is 2.37. The van der Waals surface area contributed by atoms with Gasteiger partial charge >= 0.3 is 0 Å². The molecule has 116 valence electrons. The maximum atomic E-state index is 5.52. The summed E-state index contributed by atoms with van der Waals surface area (Å²) < 4.78 is 10.9. The van der Waals surface area contributed by atoms with Crippen LogP contribution in [0.4, 0.5) is 0 Å². The molecule has 1 saturated carbocycles. The Balaban J connectivity index is 1.80. The Morgan fingerprint density at radius 1 is 1.33 bits per heavy atom. The minimum absolute atomic E-state index is 0.525. The Bertz CT molecular complexity index is 490. The Hall–Kier alpha value is -1.33. The largest absolute Gasteiger partial charge is 0.493 e. The van der Waals surface area contributed by atoms with E-state index in [1.54, 1.807) is 20.4 Å². The van der Waals surface area contributed by atoms with Crippen molar-refractivity contribution in [2.24, 2.45) is 5.92 Å². The topological polar surface area (TPSA) is 46.6 Å². The summed E-state index contributed by atoms with van der Waals surface area (Å²) >= 11 is 0. The van der Waals surface area contributed by atoms with Gasteiger partial charge in [0.1, 0.15) is 5.69 Å². The summed E-state index contributed by atoms with van der Waals surface area (Å²) in [6.45, 7) is 5.21. The van der Waals surface area contributed by atoms with Gasteiger partial charge in [0.15, 0.2) is 11.5 Å². The molecule has 0 bridgehead atoms.